The van der Waals surface area contributed by atoms with E-state index in [2.05, 4.69) is 10.6 Å². The summed E-state index contributed by atoms with van der Waals surface area (Å²) in [4.78, 5) is 23.9. The maximum absolute atomic E-state index is 12.3. The molecule has 0 atom stereocenters. The Morgan fingerprint density at radius 3 is 2.52 bits per heavy atom. The van der Waals surface area contributed by atoms with E-state index in [1.54, 1.807) is 42.5 Å². The van der Waals surface area contributed by atoms with Gasteiger partial charge in [-0.3, -0.25) is 9.59 Å². The van der Waals surface area contributed by atoms with Crippen molar-refractivity contribution < 1.29 is 14.3 Å². The quantitative estimate of drug-likeness (QED) is 0.783. The van der Waals surface area contributed by atoms with Gasteiger partial charge in [0.15, 0.2) is 0 Å². The van der Waals surface area contributed by atoms with Gasteiger partial charge in [0.05, 0.1) is 35.6 Å². The molecule has 0 radical (unpaired) electrons. The molecule has 0 aliphatic carbocycles. The lowest BCUT2D eigenvalue weighted by Gasteiger charge is -2.14. The van der Waals surface area contributed by atoms with Crippen LogP contribution in [0.4, 0.5) is 11.4 Å². The molecule has 0 spiro atoms. The van der Waals surface area contributed by atoms with Crippen LogP contribution >= 0.6 is 11.6 Å². The predicted molar refractivity (Wildman–Crippen MR) is 90.1 cm³/mol. The Kier molecular flexibility index (Phi) is 5.56. The van der Waals surface area contributed by atoms with Crippen LogP contribution in [-0.2, 0) is 4.79 Å². The van der Waals surface area contributed by atoms with Crippen molar-refractivity contribution in [1.29, 1.82) is 0 Å². The van der Waals surface area contributed by atoms with Crippen LogP contribution in [0.15, 0.2) is 42.5 Å². The third-order valence-corrected chi connectivity index (χ3v) is 3.38. The molecule has 120 valence electrons. The molecule has 0 unspecified atom stereocenters. The van der Waals surface area contributed by atoms with Gasteiger partial charge in [0.1, 0.15) is 5.75 Å². The van der Waals surface area contributed by atoms with Gasteiger partial charge in [-0.2, -0.15) is 0 Å². The summed E-state index contributed by atoms with van der Waals surface area (Å²) in [6.45, 7) is -0.172. The minimum Gasteiger partial charge on any atom is -0.497 e. The zero-order valence-corrected chi connectivity index (χ0v) is 13.2. The van der Waals surface area contributed by atoms with Crippen molar-refractivity contribution in [2.24, 2.45) is 5.73 Å². The Balaban J connectivity index is 2.29. The summed E-state index contributed by atoms with van der Waals surface area (Å²) in [5, 5.41) is 5.67. The van der Waals surface area contributed by atoms with Crippen molar-refractivity contribution in [2.75, 3.05) is 24.3 Å². The fourth-order valence-electron chi connectivity index (χ4n) is 1.90. The van der Waals surface area contributed by atoms with Crippen molar-refractivity contribution in [3.63, 3.8) is 0 Å². The molecule has 6 nitrogen and oxygen atoms in total. The predicted octanol–water partition coefficient (Wildman–Crippen LogP) is 2.50. The van der Waals surface area contributed by atoms with Crippen molar-refractivity contribution in [1.82, 2.24) is 0 Å². The number of ether oxygens (including phenoxy) is 1. The largest absolute Gasteiger partial charge is 0.497 e. The summed E-state index contributed by atoms with van der Waals surface area (Å²) in [5.41, 5.74) is 6.44. The minimum atomic E-state index is -0.385. The third-order valence-electron chi connectivity index (χ3n) is 3.05. The average molecular weight is 334 g/mol. The van der Waals surface area contributed by atoms with E-state index in [0.29, 0.717) is 27.7 Å². The Morgan fingerprint density at radius 1 is 1.13 bits per heavy atom. The molecular formula is C16H16ClN3O3. The van der Waals surface area contributed by atoms with Gasteiger partial charge in [-0.05, 0) is 24.3 Å². The smallest absolute Gasteiger partial charge is 0.257 e. The number of halogens is 1. The van der Waals surface area contributed by atoms with Gasteiger partial charge < -0.3 is 21.1 Å². The number of carbonyl (C=O) groups excluding carboxylic acids is 2. The summed E-state index contributed by atoms with van der Waals surface area (Å²) >= 11 is 6.01. The fourth-order valence-corrected chi connectivity index (χ4v) is 2.12. The normalized spacial score (nSPS) is 10.0. The molecule has 23 heavy (non-hydrogen) atoms. The second-order valence-electron chi connectivity index (χ2n) is 4.60. The molecule has 2 amide bonds. The van der Waals surface area contributed by atoms with Crippen LogP contribution in [0.2, 0.25) is 5.02 Å². The van der Waals surface area contributed by atoms with Crippen LogP contribution in [0.5, 0.6) is 5.75 Å². The van der Waals surface area contributed by atoms with Gasteiger partial charge in [-0.15, -0.1) is 0 Å². The Morgan fingerprint density at radius 2 is 1.87 bits per heavy atom. The molecule has 2 aromatic carbocycles. The van der Waals surface area contributed by atoms with E-state index in [9.17, 15) is 9.59 Å². The van der Waals surface area contributed by atoms with Crippen molar-refractivity contribution in [2.45, 2.75) is 0 Å². The number of carbonyl (C=O) groups is 2. The number of anilines is 2. The highest BCUT2D eigenvalue weighted by Gasteiger charge is 2.14. The Labute approximate surface area is 138 Å². The van der Waals surface area contributed by atoms with E-state index < -0.39 is 0 Å². The van der Waals surface area contributed by atoms with Gasteiger partial charge in [-0.1, -0.05) is 23.7 Å². The highest BCUT2D eigenvalue weighted by atomic mass is 35.5. The van der Waals surface area contributed by atoms with Crippen LogP contribution < -0.4 is 21.1 Å². The van der Waals surface area contributed by atoms with Crippen molar-refractivity contribution in [3.8, 4) is 5.75 Å². The summed E-state index contributed by atoms with van der Waals surface area (Å²) in [7, 11) is 1.51. The van der Waals surface area contributed by atoms with E-state index in [0.717, 1.165) is 0 Å². The number of hydrogen-bond acceptors (Lipinski definition) is 4. The first-order valence-electron chi connectivity index (χ1n) is 6.79. The van der Waals surface area contributed by atoms with Crippen molar-refractivity contribution in [3.05, 3.63) is 53.1 Å². The lowest BCUT2D eigenvalue weighted by atomic mass is 10.2. The monoisotopic (exact) mass is 333 g/mol. The number of methoxy groups -OCH3 is 1. The van der Waals surface area contributed by atoms with E-state index in [1.807, 2.05) is 0 Å². The Hall–Kier alpha value is -2.57. The molecule has 0 aliphatic rings. The van der Waals surface area contributed by atoms with E-state index in [4.69, 9.17) is 22.1 Å². The number of nitrogens with one attached hydrogen (secondary N) is 2. The third kappa shape index (κ3) is 4.21. The average Bonchev–Trinajstić information content (AvgIpc) is 2.56. The molecule has 0 fully saturated rings. The van der Waals surface area contributed by atoms with Crippen LogP contribution in [0.3, 0.4) is 0 Å². The second-order valence-corrected chi connectivity index (χ2v) is 5.00. The number of rotatable bonds is 5. The SMILES string of the molecule is COc1ccc(NC(=O)c2ccccc2Cl)c(NC(=O)CN)c1. The van der Waals surface area contributed by atoms with E-state index >= 15 is 0 Å². The summed E-state index contributed by atoms with van der Waals surface area (Å²) < 4.78 is 5.12. The molecular weight excluding hydrogens is 318 g/mol. The number of nitrogens with two attached hydrogens (primary N) is 1. The maximum atomic E-state index is 12.3. The highest BCUT2D eigenvalue weighted by molar-refractivity contribution is 6.34. The second kappa shape index (κ2) is 7.62. The molecule has 0 bridgehead atoms. The lowest BCUT2D eigenvalue weighted by molar-refractivity contribution is -0.114. The molecule has 2 aromatic rings. The van der Waals surface area contributed by atoms with Gasteiger partial charge in [-0.25, -0.2) is 0 Å². The molecule has 0 aliphatic heterocycles. The van der Waals surface area contributed by atoms with Gasteiger partial charge >= 0.3 is 0 Å². The zero-order chi connectivity index (χ0) is 16.8. The summed E-state index contributed by atoms with van der Waals surface area (Å²) in [5.74, 6) is -0.233. The topological polar surface area (TPSA) is 93.5 Å². The summed E-state index contributed by atoms with van der Waals surface area (Å²) in [6.07, 6.45) is 0. The zero-order valence-electron chi connectivity index (χ0n) is 12.4. The molecule has 0 saturated heterocycles. The first-order chi connectivity index (χ1) is 11.0. The standard InChI is InChI=1S/C16H16ClN3O3/c1-23-10-6-7-13(14(8-10)19-15(21)9-18)20-16(22)11-4-2-3-5-12(11)17/h2-8H,9,18H2,1H3,(H,19,21)(H,20,22). The van der Waals surface area contributed by atoms with Gasteiger partial charge in [0.2, 0.25) is 5.91 Å². The van der Waals surface area contributed by atoms with E-state index in [-0.39, 0.29) is 18.4 Å². The molecule has 0 saturated carbocycles. The van der Waals surface area contributed by atoms with E-state index in [1.165, 1.54) is 7.11 Å². The lowest BCUT2D eigenvalue weighted by Crippen LogP contribution is -2.23. The summed E-state index contributed by atoms with van der Waals surface area (Å²) in [6, 6.07) is 11.6. The van der Waals surface area contributed by atoms with Crippen molar-refractivity contribution >= 4 is 34.8 Å². The first kappa shape index (κ1) is 16.8. The molecule has 7 heteroatoms. The number of benzene rings is 2. The molecule has 2 rings (SSSR count). The maximum Gasteiger partial charge on any atom is 0.257 e. The fraction of sp³-hybridized carbons (Fsp3) is 0.125. The first-order valence-corrected chi connectivity index (χ1v) is 7.16. The van der Waals surface area contributed by atoms with Gasteiger partial charge in [0.25, 0.3) is 5.91 Å². The molecule has 4 N–H and O–H groups in total. The molecule has 0 aromatic heterocycles. The Bertz CT molecular complexity index is 734. The van der Waals surface area contributed by atoms with Gasteiger partial charge in [0, 0.05) is 6.07 Å². The highest BCUT2D eigenvalue weighted by Crippen LogP contribution is 2.28. The van der Waals surface area contributed by atoms with Crippen LogP contribution in [-0.4, -0.2) is 25.5 Å². The van der Waals surface area contributed by atoms with Crippen LogP contribution in [0.1, 0.15) is 10.4 Å². The van der Waals surface area contributed by atoms with Crippen LogP contribution in [0.25, 0.3) is 0 Å². The number of amides is 2. The molecule has 0 heterocycles. The number of hydrogen-bond donors (Lipinski definition) is 3. The van der Waals surface area contributed by atoms with Crippen LogP contribution in [0, 0.1) is 0 Å². The minimum absolute atomic E-state index is 0.172.